The van der Waals surface area contributed by atoms with Gasteiger partial charge in [-0.05, 0) is 43.5 Å². The third kappa shape index (κ3) is 3.63. The third-order valence-electron chi connectivity index (χ3n) is 5.28. The van der Waals surface area contributed by atoms with Crippen LogP contribution in [0.4, 0.5) is 0 Å². The molecule has 0 saturated carbocycles. The Morgan fingerprint density at radius 3 is 2.54 bits per heavy atom. The van der Waals surface area contributed by atoms with Crippen molar-refractivity contribution in [3.05, 3.63) is 65.5 Å². The normalized spacial score (nSPS) is 13.8. The van der Waals surface area contributed by atoms with Crippen LogP contribution in [0.2, 0.25) is 0 Å². The molecule has 1 fully saturated rings. The molecule has 2 amide bonds. The maximum absolute atomic E-state index is 12.7. The van der Waals surface area contributed by atoms with Crippen molar-refractivity contribution < 1.29 is 9.59 Å². The van der Waals surface area contributed by atoms with Crippen molar-refractivity contribution in [2.45, 2.75) is 32.9 Å². The number of para-hydroxylation sites is 2. The summed E-state index contributed by atoms with van der Waals surface area (Å²) >= 11 is 0. The summed E-state index contributed by atoms with van der Waals surface area (Å²) in [6.07, 6.45) is 2.13. The molecule has 1 aliphatic heterocycles. The van der Waals surface area contributed by atoms with Crippen molar-refractivity contribution >= 4 is 22.8 Å². The average Bonchev–Trinajstić information content (AvgIpc) is 3.35. The summed E-state index contributed by atoms with van der Waals surface area (Å²) in [6.45, 7) is 4.08. The molecule has 0 atom stereocenters. The van der Waals surface area contributed by atoms with Crippen LogP contribution >= 0.6 is 0 Å². The minimum Gasteiger partial charge on any atom is -0.345 e. The highest BCUT2D eigenvalue weighted by molar-refractivity contribution is 5.95. The number of aryl methyl sites for hydroxylation is 1. The molecular weight excluding hydrogens is 352 g/mol. The predicted molar refractivity (Wildman–Crippen MR) is 108 cm³/mol. The number of benzene rings is 2. The van der Waals surface area contributed by atoms with Crippen LogP contribution in [0, 0.1) is 6.92 Å². The van der Waals surface area contributed by atoms with Gasteiger partial charge in [-0.15, -0.1) is 0 Å². The second-order valence-electron chi connectivity index (χ2n) is 7.19. The number of aromatic nitrogens is 2. The van der Waals surface area contributed by atoms with Crippen LogP contribution in [-0.4, -0.2) is 39.4 Å². The maximum atomic E-state index is 12.7. The van der Waals surface area contributed by atoms with Crippen molar-refractivity contribution in [1.29, 1.82) is 0 Å². The van der Waals surface area contributed by atoms with Crippen LogP contribution < -0.4 is 5.32 Å². The first-order chi connectivity index (χ1) is 13.6. The van der Waals surface area contributed by atoms with E-state index in [4.69, 9.17) is 0 Å². The van der Waals surface area contributed by atoms with E-state index in [1.807, 2.05) is 64.9 Å². The van der Waals surface area contributed by atoms with E-state index in [1.165, 1.54) is 0 Å². The Kier molecular flexibility index (Phi) is 5.10. The molecular formula is C22H24N4O2. The zero-order valence-electron chi connectivity index (χ0n) is 16.0. The topological polar surface area (TPSA) is 67.2 Å². The summed E-state index contributed by atoms with van der Waals surface area (Å²) < 4.78 is 1.92. The number of fused-ring (bicyclic) bond motifs is 1. The van der Waals surface area contributed by atoms with Crippen LogP contribution in [0.25, 0.3) is 11.0 Å². The minimum atomic E-state index is -0.137. The molecule has 6 heteroatoms. The highest BCUT2D eigenvalue weighted by atomic mass is 16.2. The molecule has 6 nitrogen and oxygen atoms in total. The van der Waals surface area contributed by atoms with Gasteiger partial charge in [0.1, 0.15) is 12.4 Å². The van der Waals surface area contributed by atoms with E-state index in [9.17, 15) is 9.59 Å². The Morgan fingerprint density at radius 1 is 1.04 bits per heavy atom. The highest BCUT2D eigenvalue weighted by Gasteiger charge is 2.21. The standard InChI is InChI=1S/C22H24N4O2/c1-16-8-2-3-9-17(16)22(28)23-14-20-24-18-10-4-5-11-19(18)26(20)15-21(27)25-12-6-7-13-25/h2-5,8-11H,6-7,12-15H2,1H3,(H,23,28). The van der Waals surface area contributed by atoms with Gasteiger partial charge < -0.3 is 14.8 Å². The molecule has 0 spiro atoms. The summed E-state index contributed by atoms with van der Waals surface area (Å²) in [6, 6.07) is 15.3. The van der Waals surface area contributed by atoms with Crippen LogP contribution in [0.1, 0.15) is 34.6 Å². The van der Waals surface area contributed by atoms with Crippen molar-refractivity contribution in [3.63, 3.8) is 0 Å². The van der Waals surface area contributed by atoms with Crippen LogP contribution in [0.3, 0.4) is 0 Å². The molecule has 1 saturated heterocycles. The third-order valence-corrected chi connectivity index (χ3v) is 5.28. The molecule has 0 aliphatic carbocycles. The molecule has 144 valence electrons. The van der Waals surface area contributed by atoms with Crippen LogP contribution in [0.5, 0.6) is 0 Å². The number of carbonyl (C=O) groups is 2. The van der Waals surface area contributed by atoms with Crippen LogP contribution in [0.15, 0.2) is 48.5 Å². The zero-order valence-corrected chi connectivity index (χ0v) is 16.0. The Hall–Kier alpha value is -3.15. The molecule has 0 bridgehead atoms. The average molecular weight is 376 g/mol. The number of hydrogen-bond donors (Lipinski definition) is 1. The van der Waals surface area contributed by atoms with Crippen LogP contribution in [-0.2, 0) is 17.9 Å². The van der Waals surface area contributed by atoms with Gasteiger partial charge >= 0.3 is 0 Å². The van der Waals surface area contributed by atoms with Gasteiger partial charge in [-0.1, -0.05) is 30.3 Å². The van der Waals surface area contributed by atoms with E-state index >= 15 is 0 Å². The Morgan fingerprint density at radius 2 is 1.75 bits per heavy atom. The van der Waals surface area contributed by atoms with Crippen molar-refractivity contribution in [1.82, 2.24) is 19.8 Å². The molecule has 1 N–H and O–H groups in total. The number of likely N-dealkylation sites (tertiary alicyclic amines) is 1. The van der Waals surface area contributed by atoms with E-state index in [0.717, 1.165) is 42.5 Å². The first-order valence-electron chi connectivity index (χ1n) is 9.69. The van der Waals surface area contributed by atoms with Gasteiger partial charge in [0.2, 0.25) is 5.91 Å². The number of nitrogens with zero attached hydrogens (tertiary/aromatic N) is 3. The summed E-state index contributed by atoms with van der Waals surface area (Å²) in [5.41, 5.74) is 3.32. The zero-order chi connectivity index (χ0) is 19.5. The van der Waals surface area contributed by atoms with E-state index in [2.05, 4.69) is 10.3 Å². The molecule has 2 heterocycles. The molecule has 0 radical (unpaired) electrons. The lowest BCUT2D eigenvalue weighted by Crippen LogP contribution is -2.32. The van der Waals surface area contributed by atoms with E-state index in [1.54, 1.807) is 0 Å². The Labute approximate surface area is 164 Å². The second-order valence-corrected chi connectivity index (χ2v) is 7.19. The SMILES string of the molecule is Cc1ccccc1C(=O)NCc1nc2ccccc2n1CC(=O)N1CCCC1. The number of hydrogen-bond acceptors (Lipinski definition) is 3. The monoisotopic (exact) mass is 376 g/mol. The highest BCUT2D eigenvalue weighted by Crippen LogP contribution is 2.18. The second kappa shape index (κ2) is 7.84. The molecule has 4 rings (SSSR count). The predicted octanol–water partition coefficient (Wildman–Crippen LogP) is 2.90. The first kappa shape index (κ1) is 18.2. The minimum absolute atomic E-state index is 0.104. The summed E-state index contributed by atoms with van der Waals surface area (Å²) in [4.78, 5) is 31.8. The lowest BCUT2D eigenvalue weighted by Gasteiger charge is -2.17. The van der Waals surface area contributed by atoms with Gasteiger partial charge in [-0.3, -0.25) is 9.59 Å². The fourth-order valence-electron chi connectivity index (χ4n) is 3.72. The summed E-state index contributed by atoms with van der Waals surface area (Å²) in [5, 5.41) is 2.95. The number of amides is 2. The Balaban J connectivity index is 1.57. The maximum Gasteiger partial charge on any atom is 0.251 e. The van der Waals surface area contributed by atoms with Crippen molar-refractivity contribution in [3.8, 4) is 0 Å². The quantitative estimate of drug-likeness (QED) is 0.745. The molecule has 0 unspecified atom stereocenters. The smallest absolute Gasteiger partial charge is 0.251 e. The molecule has 3 aromatic rings. The van der Waals surface area contributed by atoms with Gasteiger partial charge in [-0.25, -0.2) is 4.98 Å². The lowest BCUT2D eigenvalue weighted by atomic mass is 10.1. The largest absolute Gasteiger partial charge is 0.345 e. The van der Waals surface area contributed by atoms with Gasteiger partial charge in [0.25, 0.3) is 5.91 Å². The fourth-order valence-corrected chi connectivity index (χ4v) is 3.72. The summed E-state index contributed by atoms with van der Waals surface area (Å²) in [7, 11) is 0. The number of imidazole rings is 1. The fraction of sp³-hybridized carbons (Fsp3) is 0.318. The number of rotatable bonds is 5. The first-order valence-corrected chi connectivity index (χ1v) is 9.69. The molecule has 1 aliphatic rings. The van der Waals surface area contributed by atoms with E-state index < -0.39 is 0 Å². The van der Waals surface area contributed by atoms with Gasteiger partial charge in [0.05, 0.1) is 17.6 Å². The number of carbonyl (C=O) groups excluding carboxylic acids is 2. The lowest BCUT2D eigenvalue weighted by molar-refractivity contribution is -0.130. The molecule has 1 aromatic heterocycles. The van der Waals surface area contributed by atoms with Gasteiger partial charge in [0, 0.05) is 18.7 Å². The molecule has 28 heavy (non-hydrogen) atoms. The molecule has 2 aromatic carbocycles. The van der Waals surface area contributed by atoms with E-state index in [-0.39, 0.29) is 24.9 Å². The summed E-state index contributed by atoms with van der Waals surface area (Å²) in [5.74, 6) is 0.658. The number of nitrogens with one attached hydrogen (secondary N) is 1. The van der Waals surface area contributed by atoms with Gasteiger partial charge in [-0.2, -0.15) is 0 Å². The Bertz CT molecular complexity index is 1020. The van der Waals surface area contributed by atoms with Crippen molar-refractivity contribution in [2.24, 2.45) is 0 Å². The van der Waals surface area contributed by atoms with Gasteiger partial charge in [0.15, 0.2) is 0 Å². The van der Waals surface area contributed by atoms with E-state index in [0.29, 0.717) is 11.4 Å². The van der Waals surface area contributed by atoms with Crippen molar-refractivity contribution in [2.75, 3.05) is 13.1 Å².